The van der Waals surface area contributed by atoms with E-state index in [-0.39, 0.29) is 11.7 Å². The Morgan fingerprint density at radius 2 is 1.95 bits per heavy atom. The summed E-state index contributed by atoms with van der Waals surface area (Å²) in [5.41, 5.74) is 7.88. The number of hydrogen-bond acceptors (Lipinski definition) is 4. The van der Waals surface area contributed by atoms with Crippen molar-refractivity contribution in [3.8, 4) is 0 Å². The Hall–Kier alpha value is -2.56. The van der Waals surface area contributed by atoms with E-state index in [4.69, 9.17) is 5.73 Å². The number of nitrogens with zero attached hydrogens (tertiary/aromatic N) is 1. The van der Waals surface area contributed by atoms with Crippen LogP contribution in [0.15, 0.2) is 48.5 Å². The van der Waals surface area contributed by atoms with E-state index < -0.39 is 4.92 Å². The van der Waals surface area contributed by atoms with Crippen LogP contribution < -0.4 is 11.1 Å². The van der Waals surface area contributed by atoms with Crippen LogP contribution >= 0.6 is 0 Å². The van der Waals surface area contributed by atoms with Crippen molar-refractivity contribution < 1.29 is 4.92 Å². The molecule has 20 heavy (non-hydrogen) atoms. The van der Waals surface area contributed by atoms with Gasteiger partial charge in [0, 0.05) is 23.5 Å². The number of nitro groups is 1. The summed E-state index contributed by atoms with van der Waals surface area (Å²) in [6.45, 7) is 2.06. The Balaban J connectivity index is 2.26. The number of nitrogens with two attached hydrogens (primary N) is 1. The highest BCUT2D eigenvalue weighted by Gasteiger charge is 2.12. The Kier molecular flexibility index (Phi) is 4.20. The van der Waals surface area contributed by atoms with E-state index in [9.17, 15) is 10.1 Å². The van der Waals surface area contributed by atoms with Crippen LogP contribution in [0, 0.1) is 10.1 Å². The van der Waals surface area contributed by atoms with Gasteiger partial charge in [0.15, 0.2) is 0 Å². The topological polar surface area (TPSA) is 81.2 Å². The summed E-state index contributed by atoms with van der Waals surface area (Å²) in [7, 11) is 0. The Morgan fingerprint density at radius 3 is 2.55 bits per heavy atom. The quantitative estimate of drug-likeness (QED) is 0.493. The van der Waals surface area contributed by atoms with Gasteiger partial charge in [-0.15, -0.1) is 0 Å². The van der Waals surface area contributed by atoms with Crippen LogP contribution in [0.3, 0.4) is 0 Å². The van der Waals surface area contributed by atoms with Crippen LogP contribution in [-0.4, -0.2) is 4.92 Å². The molecule has 0 saturated heterocycles. The van der Waals surface area contributed by atoms with Crippen molar-refractivity contribution in [2.45, 2.75) is 19.4 Å². The van der Waals surface area contributed by atoms with Gasteiger partial charge in [0.25, 0.3) is 5.69 Å². The minimum atomic E-state index is -0.439. The van der Waals surface area contributed by atoms with E-state index in [1.165, 1.54) is 12.1 Å². The molecule has 0 spiro atoms. The predicted octanol–water partition coefficient (Wildman–Crippen LogP) is 3.74. The first-order valence-corrected chi connectivity index (χ1v) is 6.46. The van der Waals surface area contributed by atoms with Gasteiger partial charge in [0.1, 0.15) is 0 Å². The minimum Gasteiger partial charge on any atom is -0.398 e. The van der Waals surface area contributed by atoms with Crippen LogP contribution in [0.1, 0.15) is 24.9 Å². The Bertz CT molecular complexity index is 599. The molecule has 0 heterocycles. The zero-order valence-electron chi connectivity index (χ0n) is 11.2. The third-order valence-electron chi connectivity index (χ3n) is 3.10. The van der Waals surface area contributed by atoms with Gasteiger partial charge < -0.3 is 11.1 Å². The number of hydrogen-bond donors (Lipinski definition) is 2. The van der Waals surface area contributed by atoms with Gasteiger partial charge in [-0.25, -0.2) is 0 Å². The second-order valence-corrected chi connectivity index (χ2v) is 4.59. The molecule has 0 aromatic heterocycles. The molecule has 2 rings (SSSR count). The van der Waals surface area contributed by atoms with E-state index in [2.05, 4.69) is 12.2 Å². The van der Waals surface area contributed by atoms with Crippen LogP contribution in [0.25, 0.3) is 0 Å². The van der Waals surface area contributed by atoms with E-state index >= 15 is 0 Å². The standard InChI is InChI=1S/C15H17N3O2/c1-2-15(11-6-4-3-5-7-11)17-13-8-12(16)9-14(10-13)18(19)20/h3-10,15,17H,2,16H2,1H3. The third kappa shape index (κ3) is 3.26. The van der Waals surface area contributed by atoms with Gasteiger partial charge in [0.05, 0.1) is 11.0 Å². The molecule has 104 valence electrons. The normalized spacial score (nSPS) is 11.8. The Labute approximate surface area is 117 Å². The van der Waals surface area contributed by atoms with Crippen molar-refractivity contribution in [1.82, 2.24) is 0 Å². The van der Waals surface area contributed by atoms with E-state index in [0.29, 0.717) is 11.4 Å². The first-order chi connectivity index (χ1) is 9.60. The molecule has 1 unspecified atom stereocenters. The second kappa shape index (κ2) is 6.06. The highest BCUT2D eigenvalue weighted by molar-refractivity contribution is 5.62. The number of nitrogen functional groups attached to an aromatic ring is 1. The number of anilines is 2. The monoisotopic (exact) mass is 271 g/mol. The molecule has 0 aliphatic carbocycles. The average molecular weight is 271 g/mol. The van der Waals surface area contributed by atoms with Crippen LogP contribution in [0.4, 0.5) is 17.1 Å². The largest absolute Gasteiger partial charge is 0.398 e. The van der Waals surface area contributed by atoms with Crippen LogP contribution in [0.2, 0.25) is 0 Å². The molecule has 0 aliphatic heterocycles. The molecule has 0 amide bonds. The molecule has 0 aliphatic rings. The number of nitrogens with one attached hydrogen (secondary N) is 1. The molecular formula is C15H17N3O2. The van der Waals surface area contributed by atoms with Crippen LogP contribution in [0.5, 0.6) is 0 Å². The molecule has 2 aromatic carbocycles. The third-order valence-corrected chi connectivity index (χ3v) is 3.10. The van der Waals surface area contributed by atoms with Gasteiger partial charge in [-0.05, 0) is 18.1 Å². The maximum absolute atomic E-state index is 10.9. The fourth-order valence-electron chi connectivity index (χ4n) is 2.13. The summed E-state index contributed by atoms with van der Waals surface area (Å²) in [4.78, 5) is 10.4. The van der Waals surface area contributed by atoms with Crippen molar-refractivity contribution in [2.24, 2.45) is 0 Å². The lowest BCUT2D eigenvalue weighted by Crippen LogP contribution is -2.10. The number of nitro benzene ring substituents is 1. The fraction of sp³-hybridized carbons (Fsp3) is 0.200. The van der Waals surface area contributed by atoms with Crippen molar-refractivity contribution >= 4 is 17.1 Å². The van der Waals surface area contributed by atoms with Gasteiger partial charge in [-0.3, -0.25) is 10.1 Å². The summed E-state index contributed by atoms with van der Waals surface area (Å²) in [5, 5.41) is 14.1. The summed E-state index contributed by atoms with van der Waals surface area (Å²) in [5.74, 6) is 0. The summed E-state index contributed by atoms with van der Waals surface area (Å²) < 4.78 is 0. The number of non-ortho nitro benzene ring substituents is 1. The van der Waals surface area contributed by atoms with Gasteiger partial charge >= 0.3 is 0 Å². The zero-order valence-corrected chi connectivity index (χ0v) is 11.2. The first-order valence-electron chi connectivity index (χ1n) is 6.46. The van der Waals surface area contributed by atoms with E-state index in [1.54, 1.807) is 6.07 Å². The summed E-state index contributed by atoms with van der Waals surface area (Å²) in [6, 6.07) is 14.6. The first kappa shape index (κ1) is 13.9. The molecule has 5 heteroatoms. The highest BCUT2D eigenvalue weighted by Crippen LogP contribution is 2.27. The lowest BCUT2D eigenvalue weighted by atomic mass is 10.0. The zero-order chi connectivity index (χ0) is 14.5. The fourth-order valence-corrected chi connectivity index (χ4v) is 2.13. The molecular weight excluding hydrogens is 254 g/mol. The van der Waals surface area contributed by atoms with Crippen molar-refractivity contribution in [3.63, 3.8) is 0 Å². The molecule has 0 saturated carbocycles. The van der Waals surface area contributed by atoms with Crippen molar-refractivity contribution in [3.05, 3.63) is 64.2 Å². The van der Waals surface area contributed by atoms with Gasteiger partial charge in [-0.1, -0.05) is 37.3 Å². The van der Waals surface area contributed by atoms with Crippen molar-refractivity contribution in [1.29, 1.82) is 0 Å². The molecule has 5 nitrogen and oxygen atoms in total. The minimum absolute atomic E-state index is 0.00425. The summed E-state index contributed by atoms with van der Waals surface area (Å²) in [6.07, 6.45) is 0.868. The van der Waals surface area contributed by atoms with Gasteiger partial charge in [-0.2, -0.15) is 0 Å². The molecule has 0 radical (unpaired) electrons. The maximum atomic E-state index is 10.9. The SMILES string of the molecule is CCC(Nc1cc(N)cc([N+](=O)[O-])c1)c1ccccc1. The van der Waals surface area contributed by atoms with Gasteiger partial charge in [0.2, 0.25) is 0 Å². The average Bonchev–Trinajstić information content (AvgIpc) is 2.45. The Morgan fingerprint density at radius 1 is 1.25 bits per heavy atom. The maximum Gasteiger partial charge on any atom is 0.273 e. The second-order valence-electron chi connectivity index (χ2n) is 4.59. The summed E-state index contributed by atoms with van der Waals surface area (Å²) >= 11 is 0. The lowest BCUT2D eigenvalue weighted by molar-refractivity contribution is -0.384. The molecule has 2 aromatic rings. The molecule has 3 N–H and O–H groups in total. The number of rotatable bonds is 5. The molecule has 0 bridgehead atoms. The highest BCUT2D eigenvalue weighted by atomic mass is 16.6. The smallest absolute Gasteiger partial charge is 0.273 e. The molecule has 1 atom stereocenters. The van der Waals surface area contributed by atoms with E-state index in [1.807, 2.05) is 30.3 Å². The number of benzene rings is 2. The van der Waals surface area contributed by atoms with Crippen molar-refractivity contribution in [2.75, 3.05) is 11.1 Å². The van der Waals surface area contributed by atoms with Crippen LogP contribution in [-0.2, 0) is 0 Å². The van der Waals surface area contributed by atoms with E-state index in [0.717, 1.165) is 12.0 Å². The molecule has 0 fully saturated rings. The predicted molar refractivity (Wildman–Crippen MR) is 80.6 cm³/mol. The lowest BCUT2D eigenvalue weighted by Gasteiger charge is -2.19.